The quantitative estimate of drug-likeness (QED) is 0.841. The Hall–Kier alpha value is -0.640. The van der Waals surface area contributed by atoms with Gasteiger partial charge in [0.25, 0.3) is 0 Å². The summed E-state index contributed by atoms with van der Waals surface area (Å²) >= 11 is 0. The number of rotatable bonds is 3. The highest BCUT2D eigenvalue weighted by Gasteiger charge is 2.22. The first kappa shape index (κ1) is 14.4. The molecule has 4 heteroatoms. The van der Waals surface area contributed by atoms with Crippen LogP contribution in [0.3, 0.4) is 0 Å². The SMILES string of the molecule is CC(C)[C@@H](O)[C@@H](N)c1ccccc1F.Cl. The monoisotopic (exact) mass is 233 g/mol. The summed E-state index contributed by atoms with van der Waals surface area (Å²) in [5.41, 5.74) is 6.12. The zero-order valence-corrected chi connectivity index (χ0v) is 9.67. The van der Waals surface area contributed by atoms with E-state index in [0.717, 1.165) is 0 Å². The normalized spacial score (nSPS) is 14.5. The van der Waals surface area contributed by atoms with Crippen molar-refractivity contribution in [2.24, 2.45) is 11.7 Å². The predicted molar refractivity (Wildman–Crippen MR) is 61.4 cm³/mol. The van der Waals surface area contributed by atoms with Gasteiger partial charge in [-0.2, -0.15) is 0 Å². The summed E-state index contributed by atoms with van der Waals surface area (Å²) in [6, 6.07) is 5.61. The van der Waals surface area contributed by atoms with Crippen LogP contribution in [0.5, 0.6) is 0 Å². The van der Waals surface area contributed by atoms with Gasteiger partial charge in [-0.1, -0.05) is 32.0 Å². The van der Waals surface area contributed by atoms with Crippen LogP contribution in [0, 0.1) is 11.7 Å². The Kier molecular flexibility index (Phi) is 5.80. The van der Waals surface area contributed by atoms with E-state index in [1.807, 2.05) is 13.8 Å². The zero-order valence-electron chi connectivity index (χ0n) is 8.85. The maximum Gasteiger partial charge on any atom is 0.128 e. The van der Waals surface area contributed by atoms with Gasteiger partial charge in [-0.05, 0) is 12.0 Å². The molecule has 0 aliphatic rings. The van der Waals surface area contributed by atoms with Crippen molar-refractivity contribution in [2.45, 2.75) is 26.0 Å². The lowest BCUT2D eigenvalue weighted by atomic mass is 9.94. The minimum absolute atomic E-state index is 0. The number of hydrogen-bond donors (Lipinski definition) is 2. The van der Waals surface area contributed by atoms with Crippen molar-refractivity contribution in [2.75, 3.05) is 0 Å². The van der Waals surface area contributed by atoms with Gasteiger partial charge < -0.3 is 10.8 Å². The fourth-order valence-electron chi connectivity index (χ4n) is 1.34. The number of halogens is 2. The molecule has 1 rings (SSSR count). The van der Waals surface area contributed by atoms with Gasteiger partial charge in [0.1, 0.15) is 5.82 Å². The van der Waals surface area contributed by atoms with Gasteiger partial charge in [-0.3, -0.25) is 0 Å². The molecule has 0 saturated carbocycles. The van der Waals surface area contributed by atoms with E-state index in [0.29, 0.717) is 5.56 Å². The van der Waals surface area contributed by atoms with Gasteiger partial charge in [-0.25, -0.2) is 4.39 Å². The Bertz CT molecular complexity index is 306. The molecule has 2 atom stereocenters. The van der Waals surface area contributed by atoms with Crippen LogP contribution < -0.4 is 5.73 Å². The summed E-state index contributed by atoms with van der Waals surface area (Å²) in [6.45, 7) is 3.71. The second-order valence-electron chi connectivity index (χ2n) is 3.78. The van der Waals surface area contributed by atoms with Crippen molar-refractivity contribution in [1.82, 2.24) is 0 Å². The molecule has 0 unspecified atom stereocenters. The van der Waals surface area contributed by atoms with E-state index in [2.05, 4.69) is 0 Å². The van der Waals surface area contributed by atoms with Crippen molar-refractivity contribution in [3.63, 3.8) is 0 Å². The minimum Gasteiger partial charge on any atom is -0.391 e. The molecule has 0 spiro atoms. The molecule has 0 aromatic heterocycles. The average molecular weight is 234 g/mol. The van der Waals surface area contributed by atoms with Crippen LogP contribution in [-0.4, -0.2) is 11.2 Å². The Morgan fingerprint density at radius 3 is 2.27 bits per heavy atom. The van der Waals surface area contributed by atoms with Crippen LogP contribution in [0.15, 0.2) is 24.3 Å². The van der Waals surface area contributed by atoms with E-state index in [9.17, 15) is 9.50 Å². The van der Waals surface area contributed by atoms with Crippen molar-refractivity contribution in [1.29, 1.82) is 0 Å². The Morgan fingerprint density at radius 2 is 1.80 bits per heavy atom. The van der Waals surface area contributed by atoms with Crippen molar-refractivity contribution < 1.29 is 9.50 Å². The van der Waals surface area contributed by atoms with Crippen LogP contribution in [0.1, 0.15) is 25.5 Å². The molecule has 0 heterocycles. The molecule has 2 nitrogen and oxygen atoms in total. The molecule has 0 aliphatic heterocycles. The molecule has 0 amide bonds. The van der Waals surface area contributed by atoms with E-state index < -0.39 is 12.1 Å². The number of hydrogen-bond acceptors (Lipinski definition) is 2. The lowest BCUT2D eigenvalue weighted by molar-refractivity contribution is 0.0966. The highest BCUT2D eigenvalue weighted by molar-refractivity contribution is 5.85. The molecular weight excluding hydrogens is 217 g/mol. The van der Waals surface area contributed by atoms with E-state index in [4.69, 9.17) is 5.73 Å². The Labute approximate surface area is 95.7 Å². The first-order chi connectivity index (χ1) is 6.54. The fourth-order valence-corrected chi connectivity index (χ4v) is 1.34. The molecule has 1 aromatic rings. The van der Waals surface area contributed by atoms with E-state index in [-0.39, 0.29) is 24.1 Å². The van der Waals surface area contributed by atoms with E-state index in [1.54, 1.807) is 18.2 Å². The van der Waals surface area contributed by atoms with Gasteiger partial charge in [0, 0.05) is 5.56 Å². The highest BCUT2D eigenvalue weighted by Crippen LogP contribution is 2.21. The van der Waals surface area contributed by atoms with Crippen LogP contribution in [-0.2, 0) is 0 Å². The summed E-state index contributed by atoms with van der Waals surface area (Å²) in [7, 11) is 0. The molecule has 0 aliphatic carbocycles. The first-order valence-electron chi connectivity index (χ1n) is 4.72. The second-order valence-corrected chi connectivity index (χ2v) is 3.78. The highest BCUT2D eigenvalue weighted by atomic mass is 35.5. The number of benzene rings is 1. The van der Waals surface area contributed by atoms with Crippen LogP contribution in [0.25, 0.3) is 0 Å². The Morgan fingerprint density at radius 1 is 1.27 bits per heavy atom. The van der Waals surface area contributed by atoms with Crippen molar-refractivity contribution >= 4 is 12.4 Å². The summed E-state index contributed by atoms with van der Waals surface area (Å²) in [5, 5.41) is 9.68. The van der Waals surface area contributed by atoms with Gasteiger partial charge in [0.15, 0.2) is 0 Å². The third-order valence-corrected chi connectivity index (χ3v) is 2.32. The third-order valence-electron chi connectivity index (χ3n) is 2.32. The summed E-state index contributed by atoms with van der Waals surface area (Å²) in [6.07, 6.45) is -0.716. The van der Waals surface area contributed by atoms with Gasteiger partial charge >= 0.3 is 0 Å². The molecule has 0 fully saturated rings. The minimum atomic E-state index is -0.716. The lowest BCUT2D eigenvalue weighted by Crippen LogP contribution is -2.31. The summed E-state index contributed by atoms with van der Waals surface area (Å²) in [5.74, 6) is -0.343. The molecular formula is C11H17ClFNO. The predicted octanol–water partition coefficient (Wildman–Crippen LogP) is 2.26. The molecule has 0 saturated heterocycles. The molecule has 3 N–H and O–H groups in total. The van der Waals surface area contributed by atoms with Crippen LogP contribution in [0.2, 0.25) is 0 Å². The fraction of sp³-hybridized carbons (Fsp3) is 0.455. The average Bonchev–Trinajstić information content (AvgIpc) is 2.16. The number of aliphatic hydroxyl groups is 1. The number of aliphatic hydroxyl groups excluding tert-OH is 1. The standard InChI is InChI=1S/C11H16FNO.ClH/c1-7(2)11(14)10(13)8-5-3-4-6-9(8)12;/h3-7,10-11,14H,13H2,1-2H3;1H/t10-,11+;/m0./s1. The maximum absolute atomic E-state index is 13.3. The lowest BCUT2D eigenvalue weighted by Gasteiger charge is -2.22. The maximum atomic E-state index is 13.3. The number of nitrogens with two attached hydrogens (primary N) is 1. The molecule has 0 radical (unpaired) electrons. The van der Waals surface area contributed by atoms with Gasteiger partial charge in [-0.15, -0.1) is 12.4 Å². The van der Waals surface area contributed by atoms with E-state index in [1.165, 1.54) is 6.07 Å². The zero-order chi connectivity index (χ0) is 10.7. The smallest absolute Gasteiger partial charge is 0.128 e. The van der Waals surface area contributed by atoms with Crippen LogP contribution in [0.4, 0.5) is 4.39 Å². The van der Waals surface area contributed by atoms with Gasteiger partial charge in [0.2, 0.25) is 0 Å². The third kappa shape index (κ3) is 3.45. The topological polar surface area (TPSA) is 46.2 Å². The second kappa shape index (κ2) is 6.05. The molecule has 15 heavy (non-hydrogen) atoms. The largest absolute Gasteiger partial charge is 0.391 e. The Balaban J connectivity index is 0.00000196. The van der Waals surface area contributed by atoms with Gasteiger partial charge in [0.05, 0.1) is 12.1 Å². The van der Waals surface area contributed by atoms with E-state index >= 15 is 0 Å². The summed E-state index contributed by atoms with van der Waals surface area (Å²) < 4.78 is 13.3. The van der Waals surface area contributed by atoms with Crippen molar-refractivity contribution in [3.05, 3.63) is 35.6 Å². The molecule has 0 bridgehead atoms. The summed E-state index contributed by atoms with van der Waals surface area (Å²) in [4.78, 5) is 0. The van der Waals surface area contributed by atoms with Crippen LogP contribution >= 0.6 is 12.4 Å². The first-order valence-corrected chi connectivity index (χ1v) is 4.72. The van der Waals surface area contributed by atoms with Crippen molar-refractivity contribution in [3.8, 4) is 0 Å². The molecule has 1 aromatic carbocycles. The molecule has 86 valence electrons.